The zero-order chi connectivity index (χ0) is 11.0. The van der Waals surface area contributed by atoms with Crippen LogP contribution in [0, 0.1) is 29.6 Å². The van der Waals surface area contributed by atoms with E-state index in [1.165, 1.54) is 32.1 Å². The van der Waals surface area contributed by atoms with Gasteiger partial charge in [0.2, 0.25) is 0 Å². The molecule has 3 unspecified atom stereocenters. The van der Waals surface area contributed by atoms with Crippen molar-refractivity contribution in [1.29, 1.82) is 0 Å². The van der Waals surface area contributed by atoms with E-state index < -0.39 is 0 Å². The first kappa shape index (κ1) is 11.4. The molecule has 0 aromatic rings. The van der Waals surface area contributed by atoms with Gasteiger partial charge in [0.25, 0.3) is 0 Å². The summed E-state index contributed by atoms with van der Waals surface area (Å²) in [6.45, 7) is 6.83. The highest BCUT2D eigenvalue weighted by atomic mass is 16.3. The molecule has 88 valence electrons. The number of rotatable bonds is 1. The number of hydrogen-bond donors (Lipinski definition) is 1. The molecule has 2 aliphatic carbocycles. The van der Waals surface area contributed by atoms with Gasteiger partial charge in [0.1, 0.15) is 0 Å². The van der Waals surface area contributed by atoms with Gasteiger partial charge in [0, 0.05) is 0 Å². The summed E-state index contributed by atoms with van der Waals surface area (Å²) in [7, 11) is 0. The van der Waals surface area contributed by atoms with Crippen molar-refractivity contribution in [3.05, 3.63) is 0 Å². The van der Waals surface area contributed by atoms with E-state index in [-0.39, 0.29) is 6.10 Å². The van der Waals surface area contributed by atoms with Gasteiger partial charge in [-0.15, -0.1) is 0 Å². The Balaban J connectivity index is 2.09. The third kappa shape index (κ3) is 2.22. The Morgan fingerprint density at radius 1 is 0.933 bits per heavy atom. The molecule has 0 aromatic heterocycles. The second-order valence-corrected chi connectivity index (χ2v) is 6.17. The Hall–Kier alpha value is -0.0400. The molecule has 0 aromatic carbocycles. The van der Waals surface area contributed by atoms with Crippen LogP contribution in [-0.2, 0) is 0 Å². The lowest BCUT2D eigenvalue weighted by Gasteiger charge is -2.26. The molecule has 0 heterocycles. The zero-order valence-electron chi connectivity index (χ0n) is 10.4. The van der Waals surface area contributed by atoms with Gasteiger partial charge in [-0.1, -0.05) is 26.7 Å². The molecule has 1 N–H and O–H groups in total. The Kier molecular flexibility index (Phi) is 3.39. The fraction of sp³-hybridized carbons (Fsp3) is 1.00. The first-order valence-corrected chi connectivity index (χ1v) is 6.77. The first-order chi connectivity index (χ1) is 7.09. The standard InChI is InChI=1S/C14H26O/c1-9-4-6-12(11(3)15)8-14-10(2)5-7-13(9)14/h9-15H,4-8H2,1-3H3/t9-,10-,11?,12+,13?,14?/m0/s1. The van der Waals surface area contributed by atoms with Crippen LogP contribution >= 0.6 is 0 Å². The predicted octanol–water partition coefficient (Wildman–Crippen LogP) is 3.47. The molecule has 0 aliphatic heterocycles. The van der Waals surface area contributed by atoms with E-state index in [9.17, 15) is 5.11 Å². The number of aliphatic hydroxyl groups is 1. The van der Waals surface area contributed by atoms with E-state index in [1.54, 1.807) is 0 Å². The second kappa shape index (κ2) is 4.45. The molecule has 1 nitrogen and oxygen atoms in total. The van der Waals surface area contributed by atoms with Crippen LogP contribution in [0.3, 0.4) is 0 Å². The van der Waals surface area contributed by atoms with Crippen molar-refractivity contribution in [2.45, 2.75) is 59.0 Å². The van der Waals surface area contributed by atoms with Crippen LogP contribution in [0.25, 0.3) is 0 Å². The summed E-state index contributed by atoms with van der Waals surface area (Å²) in [4.78, 5) is 0. The van der Waals surface area contributed by atoms with Gasteiger partial charge in [-0.3, -0.25) is 0 Å². The maximum absolute atomic E-state index is 9.79. The lowest BCUT2D eigenvalue weighted by Crippen LogP contribution is -2.22. The quantitative estimate of drug-likeness (QED) is 0.702. The molecular weight excluding hydrogens is 184 g/mol. The van der Waals surface area contributed by atoms with Crippen molar-refractivity contribution in [2.24, 2.45) is 29.6 Å². The van der Waals surface area contributed by atoms with Crippen LogP contribution in [0.1, 0.15) is 52.9 Å². The fourth-order valence-corrected chi connectivity index (χ4v) is 4.02. The summed E-state index contributed by atoms with van der Waals surface area (Å²) >= 11 is 0. The molecule has 0 saturated heterocycles. The summed E-state index contributed by atoms with van der Waals surface area (Å²) in [6.07, 6.45) is 6.64. The number of fused-ring (bicyclic) bond motifs is 1. The Bertz CT molecular complexity index is 211. The van der Waals surface area contributed by atoms with Crippen LogP contribution in [0.15, 0.2) is 0 Å². The third-order valence-electron chi connectivity index (χ3n) is 5.22. The van der Waals surface area contributed by atoms with Crippen molar-refractivity contribution in [1.82, 2.24) is 0 Å². The Labute approximate surface area is 94.3 Å². The molecule has 0 radical (unpaired) electrons. The average Bonchev–Trinajstić information content (AvgIpc) is 2.43. The van der Waals surface area contributed by atoms with Crippen molar-refractivity contribution in [3.8, 4) is 0 Å². The zero-order valence-corrected chi connectivity index (χ0v) is 10.4. The highest BCUT2D eigenvalue weighted by Gasteiger charge is 2.40. The van der Waals surface area contributed by atoms with E-state index in [0.29, 0.717) is 5.92 Å². The number of hydrogen-bond acceptors (Lipinski definition) is 1. The largest absolute Gasteiger partial charge is 0.393 e. The summed E-state index contributed by atoms with van der Waals surface area (Å²) in [5.41, 5.74) is 0. The lowest BCUT2D eigenvalue weighted by molar-refractivity contribution is 0.100. The van der Waals surface area contributed by atoms with E-state index in [4.69, 9.17) is 0 Å². The SMILES string of the molecule is CC(O)[C@@H]1CC[C@H](C)C2CC[C@H](C)C2C1. The molecule has 1 heteroatoms. The molecular formula is C14H26O. The summed E-state index contributed by atoms with van der Waals surface area (Å²) in [6, 6.07) is 0. The van der Waals surface area contributed by atoms with Gasteiger partial charge < -0.3 is 5.11 Å². The minimum Gasteiger partial charge on any atom is -0.393 e. The highest BCUT2D eigenvalue weighted by molar-refractivity contribution is 4.90. The molecule has 0 spiro atoms. The van der Waals surface area contributed by atoms with Gasteiger partial charge in [0.15, 0.2) is 0 Å². The minimum atomic E-state index is -0.0938. The average molecular weight is 210 g/mol. The Morgan fingerprint density at radius 3 is 2.20 bits per heavy atom. The second-order valence-electron chi connectivity index (χ2n) is 6.17. The first-order valence-electron chi connectivity index (χ1n) is 6.77. The van der Waals surface area contributed by atoms with Crippen LogP contribution in [0.2, 0.25) is 0 Å². The molecule has 2 rings (SSSR count). The van der Waals surface area contributed by atoms with Crippen molar-refractivity contribution in [3.63, 3.8) is 0 Å². The predicted molar refractivity (Wildman–Crippen MR) is 63.6 cm³/mol. The molecule has 2 aliphatic rings. The van der Waals surface area contributed by atoms with Crippen LogP contribution < -0.4 is 0 Å². The van der Waals surface area contributed by atoms with E-state index in [2.05, 4.69) is 13.8 Å². The summed E-state index contributed by atoms with van der Waals surface area (Å²) in [5.74, 6) is 4.23. The van der Waals surface area contributed by atoms with Crippen LogP contribution in [0.5, 0.6) is 0 Å². The summed E-state index contributed by atoms with van der Waals surface area (Å²) < 4.78 is 0. The molecule has 0 amide bonds. The van der Waals surface area contributed by atoms with Crippen molar-refractivity contribution in [2.75, 3.05) is 0 Å². The van der Waals surface area contributed by atoms with Crippen molar-refractivity contribution < 1.29 is 5.11 Å². The molecule has 2 fully saturated rings. The molecule has 2 saturated carbocycles. The van der Waals surface area contributed by atoms with Gasteiger partial charge in [-0.05, 0) is 55.8 Å². The maximum Gasteiger partial charge on any atom is 0.0540 e. The van der Waals surface area contributed by atoms with Gasteiger partial charge >= 0.3 is 0 Å². The molecule has 15 heavy (non-hydrogen) atoms. The van der Waals surface area contributed by atoms with Gasteiger partial charge in [-0.25, -0.2) is 0 Å². The van der Waals surface area contributed by atoms with Crippen LogP contribution in [0.4, 0.5) is 0 Å². The highest BCUT2D eigenvalue weighted by Crippen LogP contribution is 2.48. The molecule has 6 atom stereocenters. The van der Waals surface area contributed by atoms with E-state index in [1.807, 2.05) is 6.92 Å². The van der Waals surface area contributed by atoms with E-state index >= 15 is 0 Å². The molecule has 0 bridgehead atoms. The fourth-order valence-electron chi connectivity index (χ4n) is 4.02. The minimum absolute atomic E-state index is 0.0938. The number of aliphatic hydroxyl groups excluding tert-OH is 1. The monoisotopic (exact) mass is 210 g/mol. The van der Waals surface area contributed by atoms with Crippen molar-refractivity contribution >= 4 is 0 Å². The lowest BCUT2D eigenvalue weighted by atomic mass is 9.80. The normalized spacial score (nSPS) is 48.4. The van der Waals surface area contributed by atoms with E-state index in [0.717, 1.165) is 23.7 Å². The Morgan fingerprint density at radius 2 is 1.53 bits per heavy atom. The van der Waals surface area contributed by atoms with Gasteiger partial charge in [0.05, 0.1) is 6.10 Å². The van der Waals surface area contributed by atoms with Gasteiger partial charge in [-0.2, -0.15) is 0 Å². The smallest absolute Gasteiger partial charge is 0.0540 e. The summed E-state index contributed by atoms with van der Waals surface area (Å²) in [5, 5.41) is 9.79. The van der Waals surface area contributed by atoms with Crippen LogP contribution in [-0.4, -0.2) is 11.2 Å². The third-order valence-corrected chi connectivity index (χ3v) is 5.22. The topological polar surface area (TPSA) is 20.2 Å². The maximum atomic E-state index is 9.79.